The average molecular weight is 825 g/mol. The van der Waals surface area contributed by atoms with Gasteiger partial charge in [-0.05, 0) is 44.0 Å². The first kappa shape index (κ1) is 45.4. The molecule has 0 aliphatic carbocycles. The van der Waals surface area contributed by atoms with Crippen LogP contribution in [0.2, 0.25) is 0 Å². The normalized spacial score (nSPS) is 19.7. The van der Waals surface area contributed by atoms with Crippen LogP contribution in [0.5, 0.6) is 5.75 Å². The van der Waals surface area contributed by atoms with Crippen LogP contribution in [0.25, 0.3) is 0 Å². The van der Waals surface area contributed by atoms with Crippen LogP contribution in [0.15, 0.2) is 76.4 Å². The van der Waals surface area contributed by atoms with E-state index in [9.17, 15) is 43.5 Å². The number of hydrogen-bond donors (Lipinski definition) is 4. The summed E-state index contributed by atoms with van der Waals surface area (Å²) in [5.41, 5.74) is -1.67. The molecule has 318 valence electrons. The Hall–Kier alpha value is -6.34. The highest BCUT2D eigenvalue weighted by Crippen LogP contribution is 2.34. The summed E-state index contributed by atoms with van der Waals surface area (Å²) in [5.74, 6) is -5.24. The van der Waals surface area contributed by atoms with Gasteiger partial charge in [0.15, 0.2) is 18.4 Å². The average Bonchev–Trinajstić information content (AvgIpc) is 3.18. The molecular formula is C40H48N4O15. The van der Waals surface area contributed by atoms with Gasteiger partial charge in [0.05, 0.1) is 24.7 Å². The number of ether oxygens (including phenoxy) is 6. The van der Waals surface area contributed by atoms with Gasteiger partial charge in [-0.3, -0.25) is 33.5 Å². The van der Waals surface area contributed by atoms with Gasteiger partial charge >= 0.3 is 35.7 Å². The Labute approximate surface area is 338 Å². The van der Waals surface area contributed by atoms with Crippen LogP contribution in [-0.4, -0.2) is 88.0 Å². The van der Waals surface area contributed by atoms with Gasteiger partial charge in [-0.15, -0.1) is 0 Å². The molecule has 2 amide bonds. The van der Waals surface area contributed by atoms with Crippen LogP contribution in [0.4, 0.5) is 4.79 Å². The van der Waals surface area contributed by atoms with Gasteiger partial charge in [0.2, 0.25) is 5.91 Å². The zero-order valence-electron chi connectivity index (χ0n) is 33.5. The van der Waals surface area contributed by atoms with Gasteiger partial charge in [0.1, 0.15) is 24.5 Å². The van der Waals surface area contributed by atoms with Crippen molar-refractivity contribution < 1.29 is 62.3 Å². The molecule has 1 aliphatic rings. The molecule has 4 rings (SSSR count). The first-order chi connectivity index (χ1) is 27.8. The van der Waals surface area contributed by atoms with Crippen molar-refractivity contribution in [2.45, 2.75) is 97.3 Å². The first-order valence-electron chi connectivity index (χ1n) is 18.5. The third kappa shape index (κ3) is 12.3. The van der Waals surface area contributed by atoms with Crippen LogP contribution in [0.3, 0.4) is 0 Å². The Kier molecular flexibility index (Phi) is 15.3. The van der Waals surface area contributed by atoms with Crippen molar-refractivity contribution in [2.75, 3.05) is 7.11 Å². The van der Waals surface area contributed by atoms with Crippen LogP contribution in [0, 0.1) is 11.3 Å². The van der Waals surface area contributed by atoms with Gasteiger partial charge in [0, 0.05) is 38.4 Å². The summed E-state index contributed by atoms with van der Waals surface area (Å²) < 4.78 is 33.7. The Morgan fingerprint density at radius 1 is 0.932 bits per heavy atom. The molecule has 59 heavy (non-hydrogen) atoms. The molecule has 1 aliphatic heterocycles. The minimum atomic E-state index is -1.75. The molecule has 0 saturated carbocycles. The van der Waals surface area contributed by atoms with E-state index in [1.807, 2.05) is 4.98 Å². The van der Waals surface area contributed by atoms with E-state index in [0.29, 0.717) is 5.56 Å². The number of H-pyrrole nitrogens is 1. The Morgan fingerprint density at radius 3 is 2.15 bits per heavy atom. The van der Waals surface area contributed by atoms with Crippen LogP contribution < -0.4 is 26.6 Å². The fraction of sp³-hybridized carbons (Fsp3) is 0.450. The lowest BCUT2D eigenvalue weighted by atomic mass is 9.89. The topological polar surface area (TPSA) is 257 Å². The maximum atomic E-state index is 14.3. The maximum Gasteiger partial charge on any atom is 0.408 e. The monoisotopic (exact) mass is 824 g/mol. The van der Waals surface area contributed by atoms with Crippen molar-refractivity contribution in [2.24, 2.45) is 11.3 Å². The lowest BCUT2D eigenvalue weighted by Gasteiger charge is -2.42. The number of aliphatic hydroxyl groups is 1. The number of aromatic nitrogens is 2. The van der Waals surface area contributed by atoms with Gasteiger partial charge in [-0.2, -0.15) is 0 Å². The van der Waals surface area contributed by atoms with Crippen LogP contribution in [0.1, 0.15) is 71.4 Å². The van der Waals surface area contributed by atoms with E-state index in [2.05, 4.69) is 10.6 Å². The molecule has 19 nitrogen and oxygen atoms in total. The van der Waals surface area contributed by atoms with E-state index >= 15 is 0 Å². The maximum absolute atomic E-state index is 14.3. The summed E-state index contributed by atoms with van der Waals surface area (Å²) in [5, 5.41) is 16.5. The molecule has 0 unspecified atom stereocenters. The van der Waals surface area contributed by atoms with Crippen molar-refractivity contribution in [1.29, 1.82) is 0 Å². The number of nitrogens with one attached hydrogen (secondary N) is 3. The summed E-state index contributed by atoms with van der Waals surface area (Å²) >= 11 is 0. The van der Waals surface area contributed by atoms with Gasteiger partial charge in [-0.1, -0.05) is 49.4 Å². The summed E-state index contributed by atoms with van der Waals surface area (Å²) in [6.07, 6.45) is -7.87. The second-order valence-electron chi connectivity index (χ2n) is 14.7. The third-order valence-corrected chi connectivity index (χ3v) is 9.13. The fourth-order valence-electron chi connectivity index (χ4n) is 6.06. The quantitative estimate of drug-likeness (QED) is 0.103. The summed E-state index contributed by atoms with van der Waals surface area (Å²) in [7, 11) is 1.02. The van der Waals surface area contributed by atoms with E-state index in [1.54, 1.807) is 51.1 Å². The van der Waals surface area contributed by atoms with Crippen molar-refractivity contribution in [3.05, 3.63) is 98.8 Å². The Balaban J connectivity index is 1.69. The van der Waals surface area contributed by atoms with Crippen molar-refractivity contribution in [3.8, 4) is 5.75 Å². The molecule has 1 aromatic heterocycles. The summed E-state index contributed by atoms with van der Waals surface area (Å²) in [6.45, 7) is 8.46. The molecule has 2 heterocycles. The molecule has 4 N–H and O–H groups in total. The Bertz CT molecular complexity index is 2090. The number of rotatable bonds is 14. The number of nitrogens with zero attached hydrogens (tertiary/aromatic N) is 1. The molecule has 19 heteroatoms. The fourth-order valence-corrected chi connectivity index (χ4v) is 6.06. The minimum absolute atomic E-state index is 0.181. The smallest absolute Gasteiger partial charge is 0.408 e. The second kappa shape index (κ2) is 19.9. The van der Waals surface area contributed by atoms with E-state index in [4.69, 9.17) is 28.4 Å². The molecule has 1 fully saturated rings. The Morgan fingerprint density at radius 2 is 1.58 bits per heavy atom. The molecule has 0 spiro atoms. The predicted octanol–water partition coefficient (Wildman–Crippen LogP) is 1.96. The summed E-state index contributed by atoms with van der Waals surface area (Å²) in [4.78, 5) is 105. The number of amides is 2. The molecule has 0 bridgehead atoms. The lowest BCUT2D eigenvalue weighted by Crippen LogP contribution is -2.61. The van der Waals surface area contributed by atoms with E-state index < -0.39 is 108 Å². The SMILES string of the molecule is COC(=O)[C@@H](NC(=O)[C@@H](NC(=O)OCc1ccccc1)[C@H](C)[C@H](O)c1ccc(OC(=O)C(C)(C)C)cc1)[C@H]1C[C@@H](OC(C)=O)[C@@H](OC(C)=O)[C@H](n2ccc(=O)[nH]c2=O)O1. The number of methoxy groups -OCH3 is 1. The zero-order chi connectivity index (χ0) is 43.6. The van der Waals surface area contributed by atoms with Crippen molar-refractivity contribution >= 4 is 35.9 Å². The third-order valence-electron chi connectivity index (χ3n) is 9.13. The number of benzene rings is 2. The van der Waals surface area contributed by atoms with Gasteiger partial charge in [0.25, 0.3) is 5.56 Å². The van der Waals surface area contributed by atoms with Crippen molar-refractivity contribution in [1.82, 2.24) is 20.2 Å². The molecule has 0 radical (unpaired) electrons. The highest BCUT2D eigenvalue weighted by Gasteiger charge is 2.49. The number of aromatic amines is 1. The number of hydrogen-bond acceptors (Lipinski definition) is 15. The highest BCUT2D eigenvalue weighted by molar-refractivity contribution is 5.90. The molecule has 1 saturated heterocycles. The minimum Gasteiger partial charge on any atom is -0.467 e. The number of carbonyl (C=O) groups is 6. The molecule has 2 aromatic carbocycles. The molecule has 3 aromatic rings. The number of carbonyl (C=O) groups excluding carboxylic acids is 6. The van der Waals surface area contributed by atoms with E-state index in [-0.39, 0.29) is 17.9 Å². The summed E-state index contributed by atoms with van der Waals surface area (Å²) in [6, 6.07) is 12.1. The van der Waals surface area contributed by atoms with Gasteiger partial charge in [-0.25, -0.2) is 14.4 Å². The van der Waals surface area contributed by atoms with Crippen LogP contribution in [-0.2, 0) is 54.3 Å². The van der Waals surface area contributed by atoms with E-state index in [1.165, 1.54) is 31.2 Å². The lowest BCUT2D eigenvalue weighted by molar-refractivity contribution is -0.229. The standard InChI is InChI=1S/C40H48N4O15/c1-21(32(48)25-13-15-26(16-14-25)58-37(51)40(4,5)6)30(43-39(53)55-20-24-11-9-8-10-12-24)34(49)42-31(36(50)54-7)27-19-28(56-22(2)45)33(57-23(3)46)35(59-27)44-18-17-29(47)41-38(44)52/h8-18,21,27-28,30-33,35,48H,19-20H2,1-7H3,(H,42,49)(H,43,53)(H,41,47,52)/t21-,27+,28+,30-,31-,32-,33+,35+/m0/s1. The number of aliphatic hydroxyl groups excluding tert-OH is 1. The van der Waals surface area contributed by atoms with Gasteiger partial charge < -0.3 is 44.2 Å². The largest absolute Gasteiger partial charge is 0.467 e. The van der Waals surface area contributed by atoms with Crippen LogP contribution >= 0.6 is 0 Å². The molecular weight excluding hydrogens is 776 g/mol. The number of alkyl carbamates (subject to hydrolysis) is 1. The van der Waals surface area contributed by atoms with E-state index in [0.717, 1.165) is 37.8 Å². The predicted molar refractivity (Wildman–Crippen MR) is 204 cm³/mol. The molecule has 8 atom stereocenters. The second-order valence-corrected chi connectivity index (χ2v) is 14.7. The first-order valence-corrected chi connectivity index (χ1v) is 18.5. The number of esters is 4. The zero-order valence-corrected chi connectivity index (χ0v) is 33.5. The highest BCUT2D eigenvalue weighted by atomic mass is 16.6. The van der Waals surface area contributed by atoms with Crippen molar-refractivity contribution in [3.63, 3.8) is 0 Å².